The van der Waals surface area contributed by atoms with Crippen molar-refractivity contribution in [3.8, 4) is 0 Å². The summed E-state index contributed by atoms with van der Waals surface area (Å²) in [7, 11) is 0. The van der Waals surface area contributed by atoms with Gasteiger partial charge in [-0.3, -0.25) is 9.69 Å². The summed E-state index contributed by atoms with van der Waals surface area (Å²) in [5, 5.41) is 0.409. The molecule has 4 heteroatoms. The van der Waals surface area contributed by atoms with Gasteiger partial charge in [0.25, 0.3) is 0 Å². The second-order valence-electron chi connectivity index (χ2n) is 6.12. The van der Waals surface area contributed by atoms with Crippen molar-refractivity contribution in [2.45, 2.75) is 24.8 Å². The van der Waals surface area contributed by atoms with E-state index in [2.05, 4.69) is 29.2 Å². The largest absolute Gasteiger partial charge is 0.299 e. The molecule has 0 aromatic heterocycles. The van der Waals surface area contributed by atoms with Crippen LogP contribution >= 0.6 is 23.2 Å². The summed E-state index contributed by atoms with van der Waals surface area (Å²) in [6.45, 7) is 2.62. The van der Waals surface area contributed by atoms with E-state index in [9.17, 15) is 4.79 Å². The molecule has 0 radical (unpaired) electrons. The SMILES string of the molecule is O=C(Cl)C1(c2ccc(Cl)cc2)CCN(Cc2ccccc2)CC1. The first-order valence-electron chi connectivity index (χ1n) is 7.82. The lowest BCUT2D eigenvalue weighted by atomic mass is 9.74. The van der Waals surface area contributed by atoms with E-state index >= 15 is 0 Å². The van der Waals surface area contributed by atoms with Gasteiger partial charge < -0.3 is 0 Å². The number of hydrogen-bond acceptors (Lipinski definition) is 2. The van der Waals surface area contributed by atoms with Crippen LogP contribution in [0.5, 0.6) is 0 Å². The summed E-state index contributed by atoms with van der Waals surface area (Å²) in [4.78, 5) is 14.6. The molecule has 0 atom stereocenters. The lowest BCUT2D eigenvalue weighted by Gasteiger charge is -2.39. The molecule has 2 aromatic rings. The average Bonchev–Trinajstić information content (AvgIpc) is 2.57. The lowest BCUT2D eigenvalue weighted by Crippen LogP contribution is -2.45. The van der Waals surface area contributed by atoms with E-state index in [4.69, 9.17) is 23.2 Å². The van der Waals surface area contributed by atoms with Gasteiger partial charge in [-0.1, -0.05) is 54.1 Å². The second kappa shape index (κ2) is 7.04. The van der Waals surface area contributed by atoms with Crippen molar-refractivity contribution in [3.63, 3.8) is 0 Å². The van der Waals surface area contributed by atoms with Crippen LogP contribution in [0.4, 0.5) is 0 Å². The number of benzene rings is 2. The predicted molar refractivity (Wildman–Crippen MR) is 94.9 cm³/mol. The van der Waals surface area contributed by atoms with Crippen molar-refractivity contribution in [2.24, 2.45) is 0 Å². The standard InChI is InChI=1S/C19H19Cl2NO/c20-17-8-6-16(7-9-17)19(18(21)23)10-12-22(13-11-19)14-15-4-2-1-3-5-15/h1-9H,10-14H2. The van der Waals surface area contributed by atoms with Gasteiger partial charge in [-0.15, -0.1) is 0 Å². The monoisotopic (exact) mass is 347 g/mol. The minimum atomic E-state index is -0.584. The molecule has 1 saturated heterocycles. The molecule has 0 bridgehead atoms. The maximum atomic E-state index is 12.2. The predicted octanol–water partition coefficient (Wildman–Crippen LogP) is 4.64. The molecule has 0 aliphatic carbocycles. The van der Waals surface area contributed by atoms with Gasteiger partial charge >= 0.3 is 0 Å². The summed E-state index contributed by atoms with van der Waals surface area (Å²) in [6, 6.07) is 17.9. The molecule has 1 aliphatic heterocycles. The summed E-state index contributed by atoms with van der Waals surface area (Å²) < 4.78 is 0. The molecule has 23 heavy (non-hydrogen) atoms. The minimum absolute atomic E-state index is 0.265. The van der Waals surface area contributed by atoms with Gasteiger partial charge in [0.15, 0.2) is 0 Å². The third-order valence-corrected chi connectivity index (χ3v) is 5.35. The normalized spacial score (nSPS) is 17.8. The number of hydrogen-bond donors (Lipinski definition) is 0. The molecule has 120 valence electrons. The summed E-state index contributed by atoms with van der Waals surface area (Å²) in [5.74, 6) is 0. The Balaban J connectivity index is 1.73. The fraction of sp³-hybridized carbons (Fsp3) is 0.316. The molecule has 0 unspecified atom stereocenters. The Kier molecular flexibility index (Phi) is 5.05. The fourth-order valence-electron chi connectivity index (χ4n) is 3.30. The maximum Gasteiger partial charge on any atom is 0.232 e. The van der Waals surface area contributed by atoms with E-state index in [-0.39, 0.29) is 5.24 Å². The van der Waals surface area contributed by atoms with Crippen molar-refractivity contribution in [2.75, 3.05) is 13.1 Å². The molecule has 1 aliphatic rings. The molecule has 2 nitrogen and oxygen atoms in total. The highest BCUT2D eigenvalue weighted by Gasteiger charge is 2.41. The van der Waals surface area contributed by atoms with Crippen molar-refractivity contribution < 1.29 is 4.79 Å². The molecule has 0 spiro atoms. The number of nitrogens with zero attached hydrogens (tertiary/aromatic N) is 1. The Morgan fingerprint density at radius 2 is 1.61 bits per heavy atom. The van der Waals surface area contributed by atoms with Crippen molar-refractivity contribution in [1.29, 1.82) is 0 Å². The quantitative estimate of drug-likeness (QED) is 0.751. The molecule has 3 rings (SSSR count). The van der Waals surface area contributed by atoms with Crippen LogP contribution in [0.2, 0.25) is 5.02 Å². The summed E-state index contributed by atoms with van der Waals surface area (Å²) >= 11 is 12.0. The summed E-state index contributed by atoms with van der Waals surface area (Å²) in [6.07, 6.45) is 1.48. The van der Waals surface area contributed by atoms with E-state index in [0.717, 1.165) is 38.0 Å². The van der Waals surface area contributed by atoms with Crippen LogP contribution in [0.15, 0.2) is 54.6 Å². The van der Waals surface area contributed by atoms with E-state index in [1.165, 1.54) is 5.56 Å². The number of carbonyl (C=O) groups is 1. The molecule has 1 fully saturated rings. The van der Waals surface area contributed by atoms with Gasteiger partial charge in [0, 0.05) is 11.6 Å². The van der Waals surface area contributed by atoms with Crippen LogP contribution in [-0.4, -0.2) is 23.2 Å². The lowest BCUT2D eigenvalue weighted by molar-refractivity contribution is -0.118. The molecule has 2 aromatic carbocycles. The van der Waals surface area contributed by atoms with E-state index < -0.39 is 5.41 Å². The summed E-state index contributed by atoms with van der Waals surface area (Å²) in [5.41, 5.74) is 1.68. The van der Waals surface area contributed by atoms with E-state index in [1.54, 1.807) is 0 Å². The van der Waals surface area contributed by atoms with Crippen LogP contribution in [-0.2, 0) is 16.8 Å². The number of halogens is 2. The Morgan fingerprint density at radius 1 is 1.00 bits per heavy atom. The topological polar surface area (TPSA) is 20.3 Å². The highest BCUT2D eigenvalue weighted by molar-refractivity contribution is 6.65. The van der Waals surface area contributed by atoms with Crippen molar-refractivity contribution in [1.82, 2.24) is 4.90 Å². The van der Waals surface area contributed by atoms with E-state index in [1.807, 2.05) is 30.3 Å². The first kappa shape index (κ1) is 16.5. The highest BCUT2D eigenvalue weighted by atomic mass is 35.5. The first-order chi connectivity index (χ1) is 11.1. The van der Waals surface area contributed by atoms with Gasteiger partial charge in [-0.25, -0.2) is 0 Å². The number of carbonyl (C=O) groups excluding carboxylic acids is 1. The number of likely N-dealkylation sites (tertiary alicyclic amines) is 1. The van der Waals surface area contributed by atoms with Crippen LogP contribution in [0.1, 0.15) is 24.0 Å². The minimum Gasteiger partial charge on any atom is -0.299 e. The molecule has 0 saturated carbocycles. The van der Waals surface area contributed by atoms with Gasteiger partial charge in [0.05, 0.1) is 5.41 Å². The first-order valence-corrected chi connectivity index (χ1v) is 8.58. The third kappa shape index (κ3) is 3.60. The Hall–Kier alpha value is -1.35. The molecular weight excluding hydrogens is 329 g/mol. The third-order valence-electron chi connectivity index (χ3n) is 4.73. The van der Waals surface area contributed by atoms with Gasteiger partial charge in [0.1, 0.15) is 0 Å². The Morgan fingerprint density at radius 3 is 2.17 bits per heavy atom. The zero-order chi connectivity index (χ0) is 16.3. The van der Waals surface area contributed by atoms with Crippen LogP contribution in [0, 0.1) is 0 Å². The molecular formula is C19H19Cl2NO. The fourth-order valence-corrected chi connectivity index (χ4v) is 3.73. The van der Waals surface area contributed by atoms with Crippen LogP contribution in [0.3, 0.4) is 0 Å². The average molecular weight is 348 g/mol. The molecule has 1 heterocycles. The Labute approximate surface area is 147 Å². The zero-order valence-corrected chi connectivity index (χ0v) is 14.4. The molecule has 0 N–H and O–H groups in total. The second-order valence-corrected chi connectivity index (χ2v) is 6.90. The maximum absolute atomic E-state index is 12.2. The number of piperidine rings is 1. The van der Waals surface area contributed by atoms with Gasteiger partial charge in [0.2, 0.25) is 5.24 Å². The van der Waals surface area contributed by atoms with E-state index in [0.29, 0.717) is 5.02 Å². The van der Waals surface area contributed by atoms with Crippen molar-refractivity contribution >= 4 is 28.4 Å². The van der Waals surface area contributed by atoms with Crippen LogP contribution in [0.25, 0.3) is 0 Å². The van der Waals surface area contributed by atoms with Gasteiger partial charge in [-0.2, -0.15) is 0 Å². The van der Waals surface area contributed by atoms with Crippen molar-refractivity contribution in [3.05, 3.63) is 70.7 Å². The highest BCUT2D eigenvalue weighted by Crippen LogP contribution is 2.38. The smallest absolute Gasteiger partial charge is 0.232 e. The molecule has 0 amide bonds. The Bertz CT molecular complexity index is 662. The van der Waals surface area contributed by atoms with Crippen LogP contribution < -0.4 is 0 Å². The van der Waals surface area contributed by atoms with Gasteiger partial charge in [-0.05, 0) is 60.8 Å². The zero-order valence-electron chi connectivity index (χ0n) is 12.8. The number of rotatable bonds is 4.